The summed E-state index contributed by atoms with van der Waals surface area (Å²) in [4.78, 5) is 0. The first-order chi connectivity index (χ1) is 6.16. The van der Waals surface area contributed by atoms with Crippen LogP contribution in [0.4, 0.5) is 4.39 Å². The molecule has 2 N–H and O–H groups in total. The largest absolute Gasteiger partial charge is 0.324 e. The summed E-state index contributed by atoms with van der Waals surface area (Å²) in [6.07, 6.45) is 1.71. The number of benzene rings is 1. The SMILES string of the molecule is CCC[C@H](N)c1cccc(Cl)c1F.Cl. The van der Waals surface area contributed by atoms with Crippen LogP contribution in [-0.4, -0.2) is 0 Å². The van der Waals surface area contributed by atoms with Gasteiger partial charge in [-0.2, -0.15) is 0 Å². The molecule has 0 amide bonds. The molecule has 0 saturated carbocycles. The van der Waals surface area contributed by atoms with E-state index in [0.717, 1.165) is 12.8 Å². The molecule has 0 unspecified atom stereocenters. The molecule has 4 heteroatoms. The van der Waals surface area contributed by atoms with E-state index in [1.807, 2.05) is 6.92 Å². The zero-order chi connectivity index (χ0) is 9.84. The van der Waals surface area contributed by atoms with Gasteiger partial charge in [-0.15, -0.1) is 12.4 Å². The summed E-state index contributed by atoms with van der Waals surface area (Å²) in [5, 5.41) is 0.143. The molecule has 0 fully saturated rings. The molecule has 0 aromatic heterocycles. The van der Waals surface area contributed by atoms with E-state index >= 15 is 0 Å². The molecule has 80 valence electrons. The molecular weight excluding hydrogens is 224 g/mol. The van der Waals surface area contributed by atoms with Gasteiger partial charge in [-0.1, -0.05) is 37.1 Å². The van der Waals surface area contributed by atoms with Gasteiger partial charge in [0, 0.05) is 11.6 Å². The smallest absolute Gasteiger partial charge is 0.146 e. The first-order valence-corrected chi connectivity index (χ1v) is 4.74. The molecular formula is C10H14Cl2FN. The summed E-state index contributed by atoms with van der Waals surface area (Å²) in [7, 11) is 0. The van der Waals surface area contributed by atoms with Crippen LogP contribution in [0.2, 0.25) is 5.02 Å². The molecule has 14 heavy (non-hydrogen) atoms. The van der Waals surface area contributed by atoms with Gasteiger partial charge in [-0.3, -0.25) is 0 Å². The molecule has 0 radical (unpaired) electrons. The highest BCUT2D eigenvalue weighted by atomic mass is 35.5. The van der Waals surface area contributed by atoms with Crippen molar-refractivity contribution in [3.05, 3.63) is 34.6 Å². The summed E-state index contributed by atoms with van der Waals surface area (Å²) < 4.78 is 13.4. The molecule has 1 nitrogen and oxygen atoms in total. The first-order valence-electron chi connectivity index (χ1n) is 4.36. The maximum absolute atomic E-state index is 13.4. The van der Waals surface area contributed by atoms with Crippen molar-refractivity contribution in [3.63, 3.8) is 0 Å². The minimum Gasteiger partial charge on any atom is -0.324 e. The maximum atomic E-state index is 13.4. The van der Waals surface area contributed by atoms with Gasteiger partial charge in [0.1, 0.15) is 5.82 Å². The molecule has 1 atom stereocenters. The van der Waals surface area contributed by atoms with Crippen LogP contribution in [0.15, 0.2) is 18.2 Å². The quantitative estimate of drug-likeness (QED) is 0.853. The molecule has 0 spiro atoms. The van der Waals surface area contributed by atoms with E-state index < -0.39 is 0 Å². The summed E-state index contributed by atoms with van der Waals surface area (Å²) in [6.45, 7) is 2.02. The Morgan fingerprint density at radius 3 is 2.71 bits per heavy atom. The van der Waals surface area contributed by atoms with Crippen LogP contribution < -0.4 is 5.73 Å². The van der Waals surface area contributed by atoms with Crippen molar-refractivity contribution in [2.75, 3.05) is 0 Å². The third-order valence-electron chi connectivity index (χ3n) is 1.98. The fraction of sp³-hybridized carbons (Fsp3) is 0.400. The average molecular weight is 238 g/mol. The van der Waals surface area contributed by atoms with Crippen LogP contribution >= 0.6 is 24.0 Å². The van der Waals surface area contributed by atoms with E-state index in [4.69, 9.17) is 17.3 Å². The van der Waals surface area contributed by atoms with Crippen molar-refractivity contribution in [1.29, 1.82) is 0 Å². The fourth-order valence-electron chi connectivity index (χ4n) is 1.27. The lowest BCUT2D eigenvalue weighted by molar-refractivity contribution is 0.560. The molecule has 0 aliphatic rings. The molecule has 0 bridgehead atoms. The van der Waals surface area contributed by atoms with E-state index in [1.165, 1.54) is 6.07 Å². The number of rotatable bonds is 3. The second kappa shape index (κ2) is 6.23. The predicted octanol–water partition coefficient (Wildman–Crippen LogP) is 3.70. The summed E-state index contributed by atoms with van der Waals surface area (Å²) in [5.41, 5.74) is 6.29. The van der Waals surface area contributed by atoms with Crippen LogP contribution in [0, 0.1) is 5.82 Å². The van der Waals surface area contributed by atoms with Gasteiger partial charge in [0.05, 0.1) is 5.02 Å². The average Bonchev–Trinajstić information content (AvgIpc) is 2.10. The Hall–Kier alpha value is -0.310. The number of halogens is 3. The van der Waals surface area contributed by atoms with Gasteiger partial charge in [0.15, 0.2) is 0 Å². The Labute approximate surface area is 94.9 Å². The molecule has 0 heterocycles. The van der Waals surface area contributed by atoms with Crippen molar-refractivity contribution in [2.24, 2.45) is 5.73 Å². The third-order valence-corrected chi connectivity index (χ3v) is 2.27. The highest BCUT2D eigenvalue weighted by Crippen LogP contribution is 2.24. The van der Waals surface area contributed by atoms with Crippen molar-refractivity contribution in [1.82, 2.24) is 0 Å². The minimum absolute atomic E-state index is 0. The van der Waals surface area contributed by atoms with Gasteiger partial charge in [-0.25, -0.2) is 4.39 Å². The molecule has 1 aromatic carbocycles. The Morgan fingerprint density at radius 1 is 1.50 bits per heavy atom. The highest BCUT2D eigenvalue weighted by Gasteiger charge is 2.12. The van der Waals surface area contributed by atoms with Gasteiger partial charge in [0.25, 0.3) is 0 Å². The Morgan fingerprint density at radius 2 is 2.14 bits per heavy atom. The Balaban J connectivity index is 0.00000169. The second-order valence-corrected chi connectivity index (χ2v) is 3.45. The molecule has 0 aliphatic heterocycles. The molecule has 0 saturated heterocycles. The summed E-state index contributed by atoms with van der Waals surface area (Å²) in [6, 6.07) is 4.68. The molecule has 1 rings (SSSR count). The maximum Gasteiger partial charge on any atom is 0.146 e. The summed E-state index contributed by atoms with van der Waals surface area (Å²) in [5.74, 6) is -0.384. The topological polar surface area (TPSA) is 26.0 Å². The van der Waals surface area contributed by atoms with Crippen LogP contribution in [-0.2, 0) is 0 Å². The normalized spacial score (nSPS) is 12.0. The number of nitrogens with two attached hydrogens (primary N) is 1. The lowest BCUT2D eigenvalue weighted by atomic mass is 10.0. The standard InChI is InChI=1S/C10H13ClFN.ClH/c1-2-4-9(13)7-5-3-6-8(11)10(7)12;/h3,5-6,9H,2,4,13H2,1H3;1H/t9-;/m0./s1. The van der Waals surface area contributed by atoms with Gasteiger partial charge >= 0.3 is 0 Å². The van der Waals surface area contributed by atoms with Gasteiger partial charge in [0.2, 0.25) is 0 Å². The Bertz CT molecular complexity index is 291. The second-order valence-electron chi connectivity index (χ2n) is 3.04. The monoisotopic (exact) mass is 237 g/mol. The molecule has 0 aliphatic carbocycles. The zero-order valence-corrected chi connectivity index (χ0v) is 9.54. The Kier molecular flexibility index (Phi) is 6.09. The predicted molar refractivity (Wildman–Crippen MR) is 60.5 cm³/mol. The van der Waals surface area contributed by atoms with Gasteiger partial charge < -0.3 is 5.73 Å². The van der Waals surface area contributed by atoms with Gasteiger partial charge in [-0.05, 0) is 12.5 Å². The van der Waals surface area contributed by atoms with E-state index in [2.05, 4.69) is 0 Å². The number of hydrogen-bond acceptors (Lipinski definition) is 1. The third kappa shape index (κ3) is 3.12. The zero-order valence-electron chi connectivity index (χ0n) is 7.97. The highest BCUT2D eigenvalue weighted by molar-refractivity contribution is 6.30. The van der Waals surface area contributed by atoms with Crippen molar-refractivity contribution >= 4 is 24.0 Å². The van der Waals surface area contributed by atoms with E-state index in [0.29, 0.717) is 5.56 Å². The molecule has 1 aromatic rings. The van der Waals surface area contributed by atoms with Crippen LogP contribution in [0.1, 0.15) is 31.4 Å². The minimum atomic E-state index is -0.384. The van der Waals surface area contributed by atoms with Crippen molar-refractivity contribution in [3.8, 4) is 0 Å². The number of hydrogen-bond donors (Lipinski definition) is 1. The lowest BCUT2D eigenvalue weighted by Gasteiger charge is -2.11. The summed E-state index contributed by atoms with van der Waals surface area (Å²) >= 11 is 5.63. The van der Waals surface area contributed by atoms with Crippen molar-refractivity contribution in [2.45, 2.75) is 25.8 Å². The lowest BCUT2D eigenvalue weighted by Crippen LogP contribution is -2.11. The van der Waals surface area contributed by atoms with Crippen LogP contribution in [0.3, 0.4) is 0 Å². The van der Waals surface area contributed by atoms with E-state index in [-0.39, 0.29) is 29.3 Å². The van der Waals surface area contributed by atoms with E-state index in [1.54, 1.807) is 12.1 Å². The van der Waals surface area contributed by atoms with Crippen molar-refractivity contribution < 1.29 is 4.39 Å². The van der Waals surface area contributed by atoms with Crippen LogP contribution in [0.25, 0.3) is 0 Å². The first kappa shape index (κ1) is 13.7. The van der Waals surface area contributed by atoms with Crippen LogP contribution in [0.5, 0.6) is 0 Å². The van der Waals surface area contributed by atoms with E-state index in [9.17, 15) is 4.39 Å². The fourth-order valence-corrected chi connectivity index (χ4v) is 1.46.